The van der Waals surface area contributed by atoms with E-state index in [1.165, 1.54) is 18.2 Å². The minimum Gasteiger partial charge on any atom is -0.487 e. The van der Waals surface area contributed by atoms with Crippen LogP contribution in [0.15, 0.2) is 42.5 Å². The first-order valence-corrected chi connectivity index (χ1v) is 11.6. The highest BCUT2D eigenvalue weighted by molar-refractivity contribution is 7.88. The molecule has 1 aliphatic rings. The van der Waals surface area contributed by atoms with Crippen LogP contribution in [0.2, 0.25) is 0 Å². The Morgan fingerprint density at radius 2 is 1.97 bits per heavy atom. The van der Waals surface area contributed by atoms with Gasteiger partial charge in [0.1, 0.15) is 17.2 Å². The Kier molecular flexibility index (Phi) is 6.19. The van der Waals surface area contributed by atoms with E-state index in [4.69, 9.17) is 4.74 Å². The van der Waals surface area contributed by atoms with E-state index in [9.17, 15) is 17.6 Å². The SMILES string of the molecule is Cc1ccc2c(c1)OC(C)(C)C[C@@H]2NC(=O)CN(Cc1ccccc1F)S(C)(=O)=O. The van der Waals surface area contributed by atoms with Crippen LogP contribution < -0.4 is 10.1 Å². The van der Waals surface area contributed by atoms with Gasteiger partial charge in [0.2, 0.25) is 15.9 Å². The molecule has 8 heteroatoms. The van der Waals surface area contributed by atoms with Crippen LogP contribution >= 0.6 is 0 Å². The molecule has 0 bridgehead atoms. The van der Waals surface area contributed by atoms with E-state index in [1.54, 1.807) is 6.07 Å². The van der Waals surface area contributed by atoms with Gasteiger partial charge in [0.15, 0.2) is 0 Å². The van der Waals surface area contributed by atoms with E-state index in [2.05, 4.69) is 5.32 Å². The molecule has 2 aromatic carbocycles. The Hall–Kier alpha value is -2.45. The lowest BCUT2D eigenvalue weighted by Gasteiger charge is -2.38. The van der Waals surface area contributed by atoms with E-state index >= 15 is 0 Å². The number of ether oxygens (including phenoxy) is 1. The minimum absolute atomic E-state index is 0.212. The number of hydrogen-bond donors (Lipinski definition) is 1. The lowest BCUT2D eigenvalue weighted by Crippen LogP contribution is -2.45. The molecule has 1 heterocycles. The molecular weight excluding hydrogens is 407 g/mol. The lowest BCUT2D eigenvalue weighted by molar-refractivity contribution is -0.122. The fourth-order valence-corrected chi connectivity index (χ4v) is 4.32. The number of benzene rings is 2. The molecular formula is C22H27FN2O4S. The first-order valence-electron chi connectivity index (χ1n) is 9.72. The molecule has 30 heavy (non-hydrogen) atoms. The van der Waals surface area contributed by atoms with Crippen molar-refractivity contribution in [2.24, 2.45) is 0 Å². The second kappa shape index (κ2) is 8.35. The van der Waals surface area contributed by atoms with Crippen molar-refractivity contribution >= 4 is 15.9 Å². The number of amides is 1. The highest BCUT2D eigenvalue weighted by Crippen LogP contribution is 2.39. The van der Waals surface area contributed by atoms with Gasteiger partial charge in [0.25, 0.3) is 0 Å². The van der Waals surface area contributed by atoms with Gasteiger partial charge < -0.3 is 10.1 Å². The van der Waals surface area contributed by atoms with E-state index in [-0.39, 0.29) is 18.2 Å². The maximum absolute atomic E-state index is 14.0. The summed E-state index contributed by atoms with van der Waals surface area (Å²) >= 11 is 0. The van der Waals surface area contributed by atoms with Crippen LogP contribution in [0.4, 0.5) is 4.39 Å². The fraction of sp³-hybridized carbons (Fsp3) is 0.409. The molecule has 162 valence electrons. The Labute approximate surface area is 177 Å². The van der Waals surface area contributed by atoms with Gasteiger partial charge in [-0.3, -0.25) is 4.79 Å². The third-order valence-corrected chi connectivity index (χ3v) is 6.25. The van der Waals surface area contributed by atoms with E-state index < -0.39 is 33.9 Å². The first-order chi connectivity index (χ1) is 13.9. The highest BCUT2D eigenvalue weighted by Gasteiger charge is 2.35. The summed E-state index contributed by atoms with van der Waals surface area (Å²) in [6, 6.07) is 11.4. The van der Waals surface area contributed by atoms with Crippen molar-refractivity contribution in [2.45, 2.75) is 45.4 Å². The number of aryl methyl sites for hydroxylation is 1. The van der Waals surface area contributed by atoms with Crippen LogP contribution in [0, 0.1) is 12.7 Å². The van der Waals surface area contributed by atoms with Crippen molar-refractivity contribution in [3.63, 3.8) is 0 Å². The number of nitrogens with zero attached hydrogens (tertiary/aromatic N) is 1. The van der Waals surface area contributed by atoms with Crippen molar-refractivity contribution in [2.75, 3.05) is 12.8 Å². The maximum atomic E-state index is 14.0. The Balaban J connectivity index is 1.78. The molecule has 2 aromatic rings. The van der Waals surface area contributed by atoms with Crippen molar-refractivity contribution in [3.8, 4) is 5.75 Å². The van der Waals surface area contributed by atoms with Crippen LogP contribution in [0.25, 0.3) is 0 Å². The zero-order valence-electron chi connectivity index (χ0n) is 17.6. The van der Waals surface area contributed by atoms with Crippen LogP contribution in [-0.2, 0) is 21.4 Å². The van der Waals surface area contributed by atoms with Crippen LogP contribution in [0.1, 0.15) is 43.0 Å². The summed E-state index contributed by atoms with van der Waals surface area (Å²) in [6.07, 6.45) is 1.55. The predicted octanol–water partition coefficient (Wildman–Crippen LogP) is 3.31. The number of fused-ring (bicyclic) bond motifs is 1. The van der Waals surface area contributed by atoms with Gasteiger partial charge in [-0.05, 0) is 38.5 Å². The molecule has 1 atom stereocenters. The summed E-state index contributed by atoms with van der Waals surface area (Å²) in [5.41, 5.74) is 1.63. The molecule has 0 aliphatic carbocycles. The lowest BCUT2D eigenvalue weighted by atomic mass is 9.89. The van der Waals surface area contributed by atoms with Gasteiger partial charge in [-0.1, -0.05) is 30.3 Å². The van der Waals surface area contributed by atoms with Gasteiger partial charge in [-0.15, -0.1) is 0 Å². The molecule has 1 N–H and O–H groups in total. The number of sulfonamides is 1. The molecule has 0 unspecified atom stereocenters. The molecule has 3 rings (SSSR count). The normalized spacial score (nSPS) is 17.9. The number of nitrogens with one attached hydrogen (secondary N) is 1. The van der Waals surface area contributed by atoms with Gasteiger partial charge in [0.05, 0.1) is 18.8 Å². The third kappa shape index (κ3) is 5.37. The van der Waals surface area contributed by atoms with Crippen molar-refractivity contribution in [1.29, 1.82) is 0 Å². The number of rotatable bonds is 6. The molecule has 0 radical (unpaired) electrons. The third-order valence-electron chi connectivity index (χ3n) is 5.06. The first kappa shape index (κ1) is 22.2. The van der Waals surface area contributed by atoms with E-state index in [0.29, 0.717) is 12.2 Å². The summed E-state index contributed by atoms with van der Waals surface area (Å²) in [4.78, 5) is 12.8. The Morgan fingerprint density at radius 3 is 2.63 bits per heavy atom. The number of halogens is 1. The van der Waals surface area contributed by atoms with Gasteiger partial charge in [0, 0.05) is 24.1 Å². The van der Waals surface area contributed by atoms with E-state index in [0.717, 1.165) is 21.7 Å². The zero-order chi connectivity index (χ0) is 22.1. The molecule has 6 nitrogen and oxygen atoms in total. The number of hydrogen-bond acceptors (Lipinski definition) is 4. The molecule has 0 fully saturated rings. The fourth-order valence-electron chi connectivity index (χ4n) is 3.59. The Bertz CT molecular complexity index is 1050. The second-order valence-corrected chi connectivity index (χ2v) is 10.3. The van der Waals surface area contributed by atoms with Crippen LogP contribution in [-0.4, -0.2) is 37.0 Å². The average molecular weight is 435 g/mol. The predicted molar refractivity (Wildman–Crippen MR) is 113 cm³/mol. The largest absolute Gasteiger partial charge is 0.487 e. The molecule has 1 aliphatic heterocycles. The van der Waals surface area contributed by atoms with Crippen molar-refractivity contribution in [3.05, 3.63) is 65.0 Å². The molecule has 0 saturated heterocycles. The van der Waals surface area contributed by atoms with Gasteiger partial charge in [-0.25, -0.2) is 12.8 Å². The highest BCUT2D eigenvalue weighted by atomic mass is 32.2. The smallest absolute Gasteiger partial charge is 0.235 e. The summed E-state index contributed by atoms with van der Waals surface area (Å²) in [6.45, 7) is 5.24. The van der Waals surface area contributed by atoms with Crippen molar-refractivity contribution < 1.29 is 22.3 Å². The topological polar surface area (TPSA) is 75.7 Å². The quantitative estimate of drug-likeness (QED) is 0.757. The van der Waals surface area contributed by atoms with Gasteiger partial charge >= 0.3 is 0 Å². The number of carbonyl (C=O) groups excluding carboxylic acids is 1. The number of carbonyl (C=O) groups is 1. The minimum atomic E-state index is -3.72. The standard InChI is InChI=1S/C22H27FN2O4S/c1-15-9-10-17-19(12-22(2,3)29-20(17)11-15)24-21(26)14-25(30(4,27)28)13-16-7-5-6-8-18(16)23/h5-11,19H,12-14H2,1-4H3,(H,24,26)/t19-/m0/s1. The zero-order valence-corrected chi connectivity index (χ0v) is 18.4. The van der Waals surface area contributed by atoms with Crippen LogP contribution in [0.5, 0.6) is 5.75 Å². The monoisotopic (exact) mass is 434 g/mol. The van der Waals surface area contributed by atoms with Gasteiger partial charge in [-0.2, -0.15) is 4.31 Å². The van der Waals surface area contributed by atoms with Crippen LogP contribution in [0.3, 0.4) is 0 Å². The summed E-state index contributed by atoms with van der Waals surface area (Å²) in [7, 11) is -3.72. The summed E-state index contributed by atoms with van der Waals surface area (Å²) in [5.74, 6) is -0.254. The molecule has 1 amide bonds. The maximum Gasteiger partial charge on any atom is 0.235 e. The molecule has 0 spiro atoms. The van der Waals surface area contributed by atoms with Crippen molar-refractivity contribution in [1.82, 2.24) is 9.62 Å². The second-order valence-electron chi connectivity index (χ2n) is 8.35. The summed E-state index contributed by atoms with van der Waals surface area (Å²) < 4.78 is 45.4. The average Bonchev–Trinajstić information content (AvgIpc) is 2.60. The Morgan fingerprint density at radius 1 is 1.27 bits per heavy atom. The molecule has 0 saturated carbocycles. The van der Waals surface area contributed by atoms with E-state index in [1.807, 2.05) is 39.0 Å². The molecule has 0 aromatic heterocycles. The summed E-state index contributed by atoms with van der Waals surface area (Å²) in [5, 5.41) is 2.93.